The second-order valence-corrected chi connectivity index (χ2v) is 12.6. The molecule has 0 aliphatic rings. The van der Waals surface area contributed by atoms with E-state index in [0.717, 1.165) is 12.8 Å². The smallest absolute Gasteiger partial charge is 0.0267 e. The molecule has 2 rings (SSSR count). The van der Waals surface area contributed by atoms with Gasteiger partial charge in [0.15, 0.2) is 0 Å². The Kier molecular flexibility index (Phi) is 77.5. The molecule has 0 aliphatic heterocycles. The van der Waals surface area contributed by atoms with Gasteiger partial charge in [0.05, 0.1) is 10.2 Å². The fraction of sp³-hybridized carbons (Fsp3) is 0.571. The molecule has 0 saturated heterocycles. The van der Waals surface area contributed by atoms with Gasteiger partial charge in [-0.1, -0.05) is 53.7 Å². The van der Waals surface area contributed by atoms with Gasteiger partial charge in [0.2, 0.25) is 0 Å². The zero-order chi connectivity index (χ0) is 39.6. The first-order valence-corrected chi connectivity index (χ1v) is 18.9. The van der Waals surface area contributed by atoms with Crippen molar-refractivity contribution in [2.75, 3.05) is 0 Å². The Morgan fingerprint density at radius 2 is 0.722 bits per heavy atom. The molecule has 0 aliphatic carbocycles. The van der Waals surface area contributed by atoms with Crippen LogP contribution in [0.4, 0.5) is 9.59 Å². The maximum atomic E-state index is 10.4. The number of carboxylic acid groups (broad SMARTS) is 2. The largest absolute Gasteiger partial charge is 0.693 e. The molecule has 54 heavy (non-hydrogen) atoms. The molecule has 2 aromatic rings. The van der Waals surface area contributed by atoms with E-state index in [1.54, 1.807) is 62.3 Å². The van der Waals surface area contributed by atoms with E-state index in [-0.39, 0.29) is 57.5 Å². The Bertz CT molecular complexity index is 921. The van der Waals surface area contributed by atoms with E-state index >= 15 is 0 Å². The first kappa shape index (κ1) is 83.8. The summed E-state index contributed by atoms with van der Waals surface area (Å²) in [6.45, 7) is 20.2. The van der Waals surface area contributed by atoms with Crippen molar-refractivity contribution in [3.8, 4) is 0 Å². The molecular weight excluding hydrogens is 1130 g/mol. The number of pyridine rings is 2. The van der Waals surface area contributed by atoms with Gasteiger partial charge >= 0.3 is 68.6 Å². The van der Waals surface area contributed by atoms with Gasteiger partial charge in [-0.05, 0) is 75.6 Å². The normalized spacial score (nSPS) is 8.59. The van der Waals surface area contributed by atoms with Gasteiger partial charge in [-0.2, -0.15) is 0 Å². The van der Waals surface area contributed by atoms with Crippen LogP contribution in [0.1, 0.15) is 82.1 Å². The van der Waals surface area contributed by atoms with Crippen molar-refractivity contribution in [3.05, 3.63) is 116 Å². The molecule has 0 atom stereocenters. The Morgan fingerprint density at radius 3 is 0.796 bits per heavy atom. The molecule has 26 heteroatoms. The quantitative estimate of drug-likeness (QED) is 0.164. The summed E-state index contributed by atoms with van der Waals surface area (Å²) >= 11 is 3.22. The molecule has 0 fully saturated rings. The average molecular weight is 1190 g/mol. The van der Waals surface area contributed by atoms with Crippen molar-refractivity contribution in [2.24, 2.45) is 10.8 Å². The molecular formula is C28H60Cl2N10O12Pt2-6. The fourth-order valence-corrected chi connectivity index (χ4v) is 3.94. The molecule has 16 N–H and O–H groups in total. The van der Waals surface area contributed by atoms with Gasteiger partial charge in [0.25, 0.3) is 0 Å². The topological polar surface area (TPSA) is 454 Å². The number of amides is 2. The fourth-order valence-electron chi connectivity index (χ4n) is 3.94. The van der Waals surface area contributed by atoms with Crippen LogP contribution < -0.4 is 10.6 Å². The first-order chi connectivity index (χ1) is 21.7. The molecule has 2 aromatic heterocycles. The molecule has 0 saturated carbocycles. The van der Waals surface area contributed by atoms with Crippen LogP contribution in [-0.4, -0.2) is 64.6 Å². The second-order valence-electron chi connectivity index (χ2n) is 12.6. The van der Waals surface area contributed by atoms with Gasteiger partial charge < -0.3 is 87.0 Å². The maximum absolute atomic E-state index is 10.4. The predicted molar refractivity (Wildman–Crippen MR) is 208 cm³/mol. The van der Waals surface area contributed by atoms with Crippen LogP contribution in [0.3, 0.4) is 0 Å². The maximum Gasteiger partial charge on any atom is 0.0267 e. The van der Waals surface area contributed by atoms with Crippen LogP contribution in [0.5, 0.6) is 0 Å². The molecule has 2 heterocycles. The molecule has 334 valence electrons. The third-order valence-corrected chi connectivity index (χ3v) is 3.97. The standard InChI is InChI=1S/2C9H19NO2.2C5H5N.2ClH.2NO3.4H2N.2H2O.2Pt/c2*1-8(2,3)6-9(4,5)10-7(11)12;2*1-2-4-6-5-3-1;;;2*2-1(3)4;;;;;;;;/h2*10H,6H2,1-5H3,(H,11,12);2*1-5H;2*1H;;;6*1H2;;/q;;;;;;6*-1;;;2*+1/p-2. The Labute approximate surface area is 348 Å². The van der Waals surface area contributed by atoms with Crippen LogP contribution in [0.2, 0.25) is 0 Å². The number of halogens is 2. The van der Waals surface area contributed by atoms with Crippen LogP contribution in [0, 0.1) is 41.5 Å². The summed E-state index contributed by atoms with van der Waals surface area (Å²) in [5, 5.41) is 51.6. The van der Waals surface area contributed by atoms with Gasteiger partial charge in [0.1, 0.15) is 0 Å². The molecule has 2 amide bonds. The van der Waals surface area contributed by atoms with Crippen LogP contribution in [0.25, 0.3) is 24.6 Å². The number of rotatable bonds is 4. The zero-order valence-electron chi connectivity index (χ0n) is 31.8. The van der Waals surface area contributed by atoms with Crippen molar-refractivity contribution in [2.45, 2.75) is 93.2 Å². The van der Waals surface area contributed by atoms with Gasteiger partial charge in [-0.15, -0.1) is 0 Å². The Balaban J connectivity index is -0.0000000392. The van der Waals surface area contributed by atoms with E-state index in [1.165, 1.54) is 0 Å². The average Bonchev–Trinajstić information content (AvgIpc) is 2.89. The molecule has 0 unspecified atom stereocenters. The summed E-state index contributed by atoms with van der Waals surface area (Å²) in [5.41, 5.74) is -0.397. The van der Waals surface area contributed by atoms with Gasteiger partial charge in [0, 0.05) is 35.9 Å². The van der Waals surface area contributed by atoms with Gasteiger partial charge in [-0.3, -0.25) is 9.97 Å². The minimum absolute atomic E-state index is 0. The molecule has 22 nitrogen and oxygen atoms in total. The second kappa shape index (κ2) is 50.0. The molecule has 0 spiro atoms. The molecule has 0 aromatic carbocycles. The van der Waals surface area contributed by atoms with E-state index in [9.17, 15) is 9.59 Å². The number of aromatic nitrogens is 2. The zero-order valence-corrected chi connectivity index (χ0v) is 37.9. The van der Waals surface area contributed by atoms with Crippen molar-refractivity contribution in [1.82, 2.24) is 20.6 Å². The van der Waals surface area contributed by atoms with E-state index in [1.807, 2.05) is 64.1 Å². The van der Waals surface area contributed by atoms with Crippen LogP contribution in [-0.2, 0) is 37.5 Å². The predicted octanol–water partition coefficient (Wildman–Crippen LogP) is 9.22. The SMILES string of the molecule is CC(C)(C)CC(C)(C)NC(=O)O.CC(C)(C)CC(C)(C)NC(=O)O.O.O.O=[N+]([O-])[O-].O=[N+]([O-])[O-].[Cl][Pt].[Cl][Pt].[NH2-].[NH2-].[NH2-].[NH2-].c1ccncc1.c1ccncc1. The van der Waals surface area contributed by atoms with Crippen molar-refractivity contribution in [1.29, 1.82) is 0 Å². The monoisotopic (exact) mass is 1190 g/mol. The van der Waals surface area contributed by atoms with Crippen molar-refractivity contribution < 1.29 is 78.5 Å². The molecule has 0 radical (unpaired) electrons. The minimum atomic E-state index is -1.75. The summed E-state index contributed by atoms with van der Waals surface area (Å²) in [6, 6.07) is 11.4. The van der Waals surface area contributed by atoms with Crippen LogP contribution >= 0.6 is 18.8 Å². The summed E-state index contributed by atoms with van der Waals surface area (Å²) in [4.78, 5) is 44.8. The number of hydrogen-bond acceptors (Lipinski definition) is 10. The van der Waals surface area contributed by atoms with E-state index in [2.05, 4.69) is 81.0 Å². The Morgan fingerprint density at radius 1 is 0.556 bits per heavy atom. The Hall–Kier alpha value is -3.04. The summed E-state index contributed by atoms with van der Waals surface area (Å²) in [5.74, 6) is 0. The number of nitrogens with two attached hydrogens (primary N) is 4. The number of hydrogen-bond donors (Lipinski definition) is 4. The minimum Gasteiger partial charge on any atom is -0.693 e. The van der Waals surface area contributed by atoms with Gasteiger partial charge in [-0.25, -0.2) is 9.59 Å². The van der Waals surface area contributed by atoms with E-state index in [0.29, 0.717) is 0 Å². The number of carbonyl (C=O) groups is 2. The summed E-state index contributed by atoms with van der Waals surface area (Å²) < 4.78 is 0. The van der Waals surface area contributed by atoms with Crippen molar-refractivity contribution >= 4 is 31.0 Å². The van der Waals surface area contributed by atoms with E-state index in [4.69, 9.17) is 40.9 Å². The van der Waals surface area contributed by atoms with E-state index < -0.39 is 22.4 Å². The van der Waals surface area contributed by atoms with Crippen molar-refractivity contribution in [3.63, 3.8) is 0 Å². The molecule has 0 bridgehead atoms. The number of nitrogens with one attached hydrogen (secondary N) is 2. The number of nitrogens with zero attached hydrogens (tertiary/aromatic N) is 4. The summed E-state index contributed by atoms with van der Waals surface area (Å²) in [6.07, 6.45) is 6.74. The summed E-state index contributed by atoms with van der Waals surface area (Å²) in [7, 11) is 9.22. The van der Waals surface area contributed by atoms with Crippen LogP contribution in [0.15, 0.2) is 61.2 Å². The first-order valence-electron chi connectivity index (χ1n) is 13.3. The third-order valence-electron chi connectivity index (χ3n) is 3.97. The third kappa shape index (κ3) is 117.